The summed E-state index contributed by atoms with van der Waals surface area (Å²) in [6.07, 6.45) is 2.89. The number of hydrogen-bond acceptors (Lipinski definition) is 3. The third-order valence-corrected chi connectivity index (χ3v) is 2.33. The van der Waals surface area contributed by atoms with E-state index in [0.29, 0.717) is 12.5 Å². The molecule has 0 heterocycles. The van der Waals surface area contributed by atoms with Gasteiger partial charge in [-0.25, -0.2) is 0 Å². The molecule has 1 atom stereocenters. The quantitative estimate of drug-likeness (QED) is 0.644. The fourth-order valence-corrected chi connectivity index (χ4v) is 1.33. The molecule has 0 aliphatic carbocycles. The van der Waals surface area contributed by atoms with Crippen LogP contribution in [0.1, 0.15) is 40.0 Å². The lowest BCUT2D eigenvalue weighted by Crippen LogP contribution is -2.34. The van der Waals surface area contributed by atoms with Gasteiger partial charge < -0.3 is 10.5 Å². The number of ether oxygens (including phenoxy) is 1. The maximum Gasteiger partial charge on any atom is 0.322 e. The summed E-state index contributed by atoms with van der Waals surface area (Å²) in [5.74, 6) is 0.272. The molecular formula is C10H21NO2. The van der Waals surface area contributed by atoms with Crippen LogP contribution in [-0.4, -0.2) is 18.6 Å². The first-order valence-electron chi connectivity index (χ1n) is 5.07. The predicted octanol–water partition coefficient (Wildman–Crippen LogP) is 1.70. The number of esters is 1. The van der Waals surface area contributed by atoms with Crippen molar-refractivity contribution in [3.05, 3.63) is 0 Å². The van der Waals surface area contributed by atoms with Crippen molar-refractivity contribution < 1.29 is 9.53 Å². The molecule has 3 heteroatoms. The SMILES string of the molecule is CCOC(=O)[C@@H](N)CC(CC)CC. The lowest BCUT2D eigenvalue weighted by Gasteiger charge is -2.16. The highest BCUT2D eigenvalue weighted by atomic mass is 16.5. The van der Waals surface area contributed by atoms with Crippen LogP contribution >= 0.6 is 0 Å². The Morgan fingerprint density at radius 1 is 1.31 bits per heavy atom. The lowest BCUT2D eigenvalue weighted by atomic mass is 9.95. The van der Waals surface area contributed by atoms with Gasteiger partial charge in [-0.05, 0) is 19.3 Å². The minimum absolute atomic E-state index is 0.269. The number of carbonyl (C=O) groups is 1. The van der Waals surface area contributed by atoms with E-state index in [-0.39, 0.29) is 5.97 Å². The van der Waals surface area contributed by atoms with Gasteiger partial charge in [0.25, 0.3) is 0 Å². The molecule has 3 nitrogen and oxygen atoms in total. The Kier molecular flexibility index (Phi) is 6.59. The molecule has 0 spiro atoms. The maximum absolute atomic E-state index is 11.2. The van der Waals surface area contributed by atoms with E-state index in [9.17, 15) is 4.79 Å². The second-order valence-electron chi connectivity index (χ2n) is 3.28. The van der Waals surface area contributed by atoms with E-state index in [1.54, 1.807) is 6.92 Å². The lowest BCUT2D eigenvalue weighted by molar-refractivity contribution is -0.145. The second kappa shape index (κ2) is 6.89. The summed E-state index contributed by atoms with van der Waals surface area (Å²) < 4.78 is 4.83. The van der Waals surface area contributed by atoms with Crippen LogP contribution in [0.5, 0.6) is 0 Å². The highest BCUT2D eigenvalue weighted by Gasteiger charge is 2.18. The molecule has 0 radical (unpaired) electrons. The van der Waals surface area contributed by atoms with Crippen molar-refractivity contribution in [2.24, 2.45) is 11.7 Å². The first-order valence-corrected chi connectivity index (χ1v) is 5.07. The fraction of sp³-hybridized carbons (Fsp3) is 0.900. The molecule has 0 aliphatic heterocycles. The van der Waals surface area contributed by atoms with Crippen molar-refractivity contribution in [1.29, 1.82) is 0 Å². The van der Waals surface area contributed by atoms with E-state index in [1.807, 2.05) is 0 Å². The topological polar surface area (TPSA) is 52.3 Å². The van der Waals surface area contributed by atoms with Crippen LogP contribution in [0.4, 0.5) is 0 Å². The summed E-state index contributed by atoms with van der Waals surface area (Å²) in [7, 11) is 0. The summed E-state index contributed by atoms with van der Waals surface area (Å²) >= 11 is 0. The fourth-order valence-electron chi connectivity index (χ4n) is 1.33. The zero-order chi connectivity index (χ0) is 10.3. The van der Waals surface area contributed by atoms with E-state index in [2.05, 4.69) is 13.8 Å². The molecule has 2 N–H and O–H groups in total. The molecule has 0 saturated carbocycles. The molecule has 0 bridgehead atoms. The predicted molar refractivity (Wildman–Crippen MR) is 53.3 cm³/mol. The highest BCUT2D eigenvalue weighted by Crippen LogP contribution is 2.14. The molecular weight excluding hydrogens is 166 g/mol. The minimum Gasteiger partial charge on any atom is -0.465 e. The first-order chi connectivity index (χ1) is 6.15. The summed E-state index contributed by atoms with van der Waals surface area (Å²) in [5.41, 5.74) is 5.68. The maximum atomic E-state index is 11.2. The molecule has 0 aromatic heterocycles. The number of nitrogens with two attached hydrogens (primary N) is 1. The van der Waals surface area contributed by atoms with Gasteiger partial charge in [-0.1, -0.05) is 26.7 Å². The van der Waals surface area contributed by atoms with Crippen LogP contribution in [0.2, 0.25) is 0 Å². The third-order valence-electron chi connectivity index (χ3n) is 2.33. The van der Waals surface area contributed by atoms with Crippen molar-refractivity contribution in [3.8, 4) is 0 Å². The average Bonchev–Trinajstić information content (AvgIpc) is 2.14. The Hall–Kier alpha value is -0.570. The van der Waals surface area contributed by atoms with Gasteiger partial charge >= 0.3 is 5.97 Å². The number of rotatable bonds is 6. The van der Waals surface area contributed by atoms with Gasteiger partial charge in [-0.3, -0.25) is 4.79 Å². The molecule has 0 aromatic rings. The molecule has 78 valence electrons. The Morgan fingerprint density at radius 2 is 1.85 bits per heavy atom. The molecule has 0 aliphatic rings. The van der Waals surface area contributed by atoms with Crippen molar-refractivity contribution in [1.82, 2.24) is 0 Å². The summed E-state index contributed by atoms with van der Waals surface area (Å²) in [5, 5.41) is 0. The zero-order valence-electron chi connectivity index (χ0n) is 8.88. The number of carbonyl (C=O) groups excluding carboxylic acids is 1. The Balaban J connectivity index is 3.82. The van der Waals surface area contributed by atoms with Gasteiger partial charge in [0.15, 0.2) is 0 Å². The third kappa shape index (κ3) is 4.88. The van der Waals surface area contributed by atoms with Crippen LogP contribution < -0.4 is 5.73 Å². The summed E-state index contributed by atoms with van der Waals surface area (Å²) in [4.78, 5) is 11.2. The normalized spacial score (nSPS) is 13.0. The van der Waals surface area contributed by atoms with Crippen LogP contribution in [0.25, 0.3) is 0 Å². The van der Waals surface area contributed by atoms with Crippen LogP contribution in [0.3, 0.4) is 0 Å². The molecule has 0 aromatic carbocycles. The smallest absolute Gasteiger partial charge is 0.322 e. The standard InChI is InChI=1S/C10H21NO2/c1-4-8(5-2)7-9(11)10(12)13-6-3/h8-9H,4-7,11H2,1-3H3/t9-/m0/s1. The first kappa shape index (κ1) is 12.4. The zero-order valence-corrected chi connectivity index (χ0v) is 8.88. The molecule has 0 rings (SSSR count). The molecule has 0 fully saturated rings. The molecule has 0 amide bonds. The van der Waals surface area contributed by atoms with Crippen molar-refractivity contribution in [2.45, 2.75) is 46.1 Å². The van der Waals surface area contributed by atoms with Gasteiger partial charge in [-0.15, -0.1) is 0 Å². The molecule has 13 heavy (non-hydrogen) atoms. The van der Waals surface area contributed by atoms with E-state index < -0.39 is 6.04 Å². The van der Waals surface area contributed by atoms with Gasteiger partial charge in [0.1, 0.15) is 6.04 Å². The highest BCUT2D eigenvalue weighted by molar-refractivity contribution is 5.75. The molecule has 0 saturated heterocycles. The van der Waals surface area contributed by atoms with Crippen LogP contribution in [0.15, 0.2) is 0 Å². The van der Waals surface area contributed by atoms with E-state index in [0.717, 1.165) is 19.3 Å². The average molecular weight is 187 g/mol. The number of hydrogen-bond donors (Lipinski definition) is 1. The van der Waals surface area contributed by atoms with Gasteiger partial charge in [-0.2, -0.15) is 0 Å². The van der Waals surface area contributed by atoms with E-state index in [4.69, 9.17) is 10.5 Å². The Labute approximate surface area is 80.6 Å². The second-order valence-corrected chi connectivity index (χ2v) is 3.28. The monoisotopic (exact) mass is 187 g/mol. The van der Waals surface area contributed by atoms with Crippen molar-refractivity contribution >= 4 is 5.97 Å². The van der Waals surface area contributed by atoms with E-state index >= 15 is 0 Å². The summed E-state index contributed by atoms with van der Waals surface area (Å²) in [6.45, 7) is 6.44. The molecule has 0 unspecified atom stereocenters. The van der Waals surface area contributed by atoms with Crippen LogP contribution in [0, 0.1) is 5.92 Å². The van der Waals surface area contributed by atoms with Gasteiger partial charge in [0, 0.05) is 0 Å². The van der Waals surface area contributed by atoms with E-state index in [1.165, 1.54) is 0 Å². The Bertz CT molecular complexity index is 144. The van der Waals surface area contributed by atoms with Crippen LogP contribution in [-0.2, 0) is 9.53 Å². The Morgan fingerprint density at radius 3 is 2.23 bits per heavy atom. The van der Waals surface area contributed by atoms with Crippen molar-refractivity contribution in [3.63, 3.8) is 0 Å². The van der Waals surface area contributed by atoms with Gasteiger partial charge in [0.05, 0.1) is 6.61 Å². The van der Waals surface area contributed by atoms with Gasteiger partial charge in [0.2, 0.25) is 0 Å². The largest absolute Gasteiger partial charge is 0.465 e. The van der Waals surface area contributed by atoms with Crippen molar-refractivity contribution in [2.75, 3.05) is 6.61 Å². The minimum atomic E-state index is -0.440. The summed E-state index contributed by atoms with van der Waals surface area (Å²) in [6, 6.07) is -0.440.